The SMILES string of the molecule is CC(C)(C)OC(=O)N1CCC(Cn2cc(C#N)ccc2=O)C1. The summed E-state index contributed by atoms with van der Waals surface area (Å²) in [6.45, 7) is 7.22. The lowest BCUT2D eigenvalue weighted by atomic mass is 10.1. The summed E-state index contributed by atoms with van der Waals surface area (Å²) in [4.78, 5) is 25.5. The first-order valence-corrected chi connectivity index (χ1v) is 7.37. The maximum Gasteiger partial charge on any atom is 0.410 e. The molecule has 0 radical (unpaired) electrons. The molecule has 0 N–H and O–H groups in total. The van der Waals surface area contributed by atoms with E-state index in [4.69, 9.17) is 10.00 Å². The fraction of sp³-hybridized carbons (Fsp3) is 0.562. The summed E-state index contributed by atoms with van der Waals surface area (Å²) < 4.78 is 6.90. The number of aromatic nitrogens is 1. The van der Waals surface area contributed by atoms with Crippen LogP contribution < -0.4 is 5.56 Å². The van der Waals surface area contributed by atoms with Crippen molar-refractivity contribution in [2.24, 2.45) is 5.92 Å². The molecule has 118 valence electrons. The van der Waals surface area contributed by atoms with E-state index in [1.165, 1.54) is 12.1 Å². The van der Waals surface area contributed by atoms with Crippen molar-refractivity contribution in [3.8, 4) is 6.07 Å². The van der Waals surface area contributed by atoms with E-state index in [0.29, 0.717) is 25.2 Å². The highest BCUT2D eigenvalue weighted by atomic mass is 16.6. The van der Waals surface area contributed by atoms with Gasteiger partial charge in [-0.25, -0.2) is 4.79 Å². The summed E-state index contributed by atoms with van der Waals surface area (Å²) in [7, 11) is 0. The lowest BCUT2D eigenvalue weighted by Gasteiger charge is -2.24. The van der Waals surface area contributed by atoms with Crippen LogP contribution in [-0.2, 0) is 11.3 Å². The Morgan fingerprint density at radius 2 is 2.18 bits per heavy atom. The molecule has 0 saturated carbocycles. The van der Waals surface area contributed by atoms with Gasteiger partial charge in [-0.3, -0.25) is 4.79 Å². The van der Waals surface area contributed by atoms with Crippen LogP contribution in [0.3, 0.4) is 0 Å². The molecule has 0 spiro atoms. The van der Waals surface area contributed by atoms with Crippen molar-refractivity contribution in [1.29, 1.82) is 5.26 Å². The Hall–Kier alpha value is -2.29. The number of rotatable bonds is 2. The van der Waals surface area contributed by atoms with Gasteiger partial charge in [0.15, 0.2) is 0 Å². The van der Waals surface area contributed by atoms with Gasteiger partial charge in [-0.15, -0.1) is 0 Å². The van der Waals surface area contributed by atoms with E-state index in [1.807, 2.05) is 26.8 Å². The monoisotopic (exact) mass is 303 g/mol. The largest absolute Gasteiger partial charge is 0.444 e. The topological polar surface area (TPSA) is 75.3 Å². The first-order chi connectivity index (χ1) is 10.3. The van der Waals surface area contributed by atoms with Crippen molar-refractivity contribution in [1.82, 2.24) is 9.47 Å². The van der Waals surface area contributed by atoms with E-state index >= 15 is 0 Å². The van der Waals surface area contributed by atoms with E-state index in [2.05, 4.69) is 0 Å². The molecule has 1 unspecified atom stereocenters. The smallest absolute Gasteiger partial charge is 0.410 e. The normalized spacial score (nSPS) is 18.1. The molecule has 0 aliphatic carbocycles. The van der Waals surface area contributed by atoms with Gasteiger partial charge < -0.3 is 14.2 Å². The summed E-state index contributed by atoms with van der Waals surface area (Å²) in [5.41, 5.74) is -0.177. The van der Waals surface area contributed by atoms with Gasteiger partial charge in [-0.1, -0.05) is 0 Å². The summed E-state index contributed by atoms with van der Waals surface area (Å²) in [6.07, 6.45) is 2.08. The summed E-state index contributed by atoms with van der Waals surface area (Å²) >= 11 is 0. The van der Waals surface area contributed by atoms with Gasteiger partial charge in [0.2, 0.25) is 0 Å². The molecule has 1 amide bonds. The summed E-state index contributed by atoms with van der Waals surface area (Å²) in [6, 6.07) is 4.94. The van der Waals surface area contributed by atoms with E-state index < -0.39 is 5.60 Å². The minimum atomic E-state index is -0.507. The Labute approximate surface area is 129 Å². The van der Waals surface area contributed by atoms with Crippen LogP contribution in [0.2, 0.25) is 0 Å². The average molecular weight is 303 g/mol. The highest BCUT2D eigenvalue weighted by Crippen LogP contribution is 2.20. The summed E-state index contributed by atoms with van der Waals surface area (Å²) in [5.74, 6) is 0.194. The van der Waals surface area contributed by atoms with Crippen LogP contribution in [0.4, 0.5) is 4.79 Å². The first kappa shape index (κ1) is 16.1. The molecule has 2 heterocycles. The van der Waals surface area contributed by atoms with Gasteiger partial charge in [-0.05, 0) is 39.2 Å². The van der Waals surface area contributed by atoms with Crippen molar-refractivity contribution in [3.05, 3.63) is 34.2 Å². The number of ether oxygens (including phenoxy) is 1. The van der Waals surface area contributed by atoms with Crippen LogP contribution in [0.15, 0.2) is 23.1 Å². The van der Waals surface area contributed by atoms with Crippen molar-refractivity contribution >= 4 is 6.09 Å². The van der Waals surface area contributed by atoms with Crippen molar-refractivity contribution in [3.63, 3.8) is 0 Å². The maximum atomic E-state index is 12.0. The third-order valence-electron chi connectivity index (χ3n) is 3.51. The van der Waals surface area contributed by atoms with Crippen molar-refractivity contribution in [2.45, 2.75) is 39.3 Å². The highest BCUT2D eigenvalue weighted by Gasteiger charge is 2.29. The molecule has 1 aliphatic rings. The molecule has 22 heavy (non-hydrogen) atoms. The quantitative estimate of drug-likeness (QED) is 0.837. The molecule has 1 saturated heterocycles. The van der Waals surface area contributed by atoms with Gasteiger partial charge in [0, 0.05) is 31.9 Å². The Morgan fingerprint density at radius 1 is 1.45 bits per heavy atom. The molecule has 0 aromatic carbocycles. The molecule has 1 aromatic rings. The van der Waals surface area contributed by atoms with Gasteiger partial charge in [0.1, 0.15) is 11.7 Å². The molecule has 1 aromatic heterocycles. The number of carbonyl (C=O) groups excluding carboxylic acids is 1. The molecule has 1 atom stereocenters. The number of hydrogen-bond acceptors (Lipinski definition) is 4. The third-order valence-corrected chi connectivity index (χ3v) is 3.51. The molecule has 0 bridgehead atoms. The lowest BCUT2D eigenvalue weighted by Crippen LogP contribution is -2.35. The van der Waals surface area contributed by atoms with Gasteiger partial charge in [0.25, 0.3) is 5.56 Å². The zero-order chi connectivity index (χ0) is 16.3. The zero-order valence-corrected chi connectivity index (χ0v) is 13.2. The van der Waals surface area contributed by atoms with E-state index in [1.54, 1.807) is 15.7 Å². The Morgan fingerprint density at radius 3 is 2.82 bits per heavy atom. The van der Waals surface area contributed by atoms with E-state index in [-0.39, 0.29) is 17.6 Å². The van der Waals surface area contributed by atoms with Crippen molar-refractivity contribution in [2.75, 3.05) is 13.1 Å². The minimum Gasteiger partial charge on any atom is -0.444 e. The van der Waals surface area contributed by atoms with Crippen LogP contribution in [0.25, 0.3) is 0 Å². The standard InChI is InChI=1S/C16H21N3O3/c1-16(2,3)22-15(21)18-7-6-13(10-18)11-19-9-12(8-17)4-5-14(19)20/h4-5,9,13H,6-7,10-11H2,1-3H3. The fourth-order valence-corrected chi connectivity index (χ4v) is 2.49. The second-order valence-electron chi connectivity index (χ2n) is 6.60. The number of likely N-dealkylation sites (tertiary alicyclic amines) is 1. The second-order valence-corrected chi connectivity index (χ2v) is 6.60. The number of amides is 1. The van der Waals surface area contributed by atoms with Crippen LogP contribution in [-0.4, -0.2) is 34.3 Å². The van der Waals surface area contributed by atoms with Gasteiger partial charge >= 0.3 is 6.09 Å². The predicted molar refractivity (Wildman–Crippen MR) is 81.3 cm³/mol. The Balaban J connectivity index is 1.99. The average Bonchev–Trinajstić information content (AvgIpc) is 2.88. The molecular weight excluding hydrogens is 282 g/mol. The predicted octanol–water partition coefficient (Wildman–Crippen LogP) is 1.98. The molecular formula is C16H21N3O3. The number of hydrogen-bond donors (Lipinski definition) is 0. The highest BCUT2D eigenvalue weighted by molar-refractivity contribution is 5.68. The molecule has 6 heteroatoms. The molecule has 1 aliphatic heterocycles. The van der Waals surface area contributed by atoms with Crippen LogP contribution in [0, 0.1) is 17.2 Å². The van der Waals surface area contributed by atoms with Gasteiger partial charge in [0.05, 0.1) is 5.56 Å². The van der Waals surface area contributed by atoms with E-state index in [0.717, 1.165) is 6.42 Å². The lowest BCUT2D eigenvalue weighted by molar-refractivity contribution is 0.0287. The van der Waals surface area contributed by atoms with Crippen LogP contribution in [0.1, 0.15) is 32.8 Å². The zero-order valence-electron chi connectivity index (χ0n) is 13.2. The van der Waals surface area contributed by atoms with E-state index in [9.17, 15) is 9.59 Å². The molecule has 1 fully saturated rings. The first-order valence-electron chi connectivity index (χ1n) is 7.37. The number of nitrogens with zero attached hydrogens (tertiary/aromatic N) is 3. The Kier molecular flexibility index (Phi) is 4.55. The number of carbonyl (C=O) groups is 1. The Bertz CT molecular complexity index is 652. The second kappa shape index (κ2) is 6.22. The maximum absolute atomic E-state index is 12.0. The summed E-state index contributed by atoms with van der Waals surface area (Å²) in [5, 5.41) is 8.90. The van der Waals surface area contributed by atoms with Crippen LogP contribution >= 0.6 is 0 Å². The van der Waals surface area contributed by atoms with Gasteiger partial charge in [-0.2, -0.15) is 5.26 Å². The minimum absolute atomic E-state index is 0.130. The molecule has 6 nitrogen and oxygen atoms in total. The van der Waals surface area contributed by atoms with Crippen molar-refractivity contribution < 1.29 is 9.53 Å². The number of nitriles is 1. The third kappa shape index (κ3) is 4.10. The molecule has 2 rings (SSSR count). The van der Waals surface area contributed by atoms with Crippen LogP contribution in [0.5, 0.6) is 0 Å². The number of pyridine rings is 1. The fourth-order valence-electron chi connectivity index (χ4n) is 2.49.